The summed E-state index contributed by atoms with van der Waals surface area (Å²) in [5, 5.41) is 4.43. The molecule has 0 radical (unpaired) electrons. The summed E-state index contributed by atoms with van der Waals surface area (Å²) in [6.07, 6.45) is 1.06. The summed E-state index contributed by atoms with van der Waals surface area (Å²) >= 11 is 5.98. The molecular formula is C23H25Cl2N. The summed E-state index contributed by atoms with van der Waals surface area (Å²) in [4.78, 5) is 0. The van der Waals surface area contributed by atoms with E-state index in [1.807, 2.05) is 12.1 Å². The fourth-order valence-electron chi connectivity index (χ4n) is 3.21. The largest absolute Gasteiger partial charge is 0.310 e. The molecule has 1 N–H and O–H groups in total. The summed E-state index contributed by atoms with van der Waals surface area (Å²) in [5.41, 5.74) is 4.00. The first kappa shape index (κ1) is 20.5. The standard InChI is InChI=1S/C23H24ClN.ClH/c1-18(19-12-14-22(24)15-13-19)25-17-16-23(20-8-4-2-5-9-20)21-10-6-3-7-11-21;/h2-15,18,23,25H,16-17H2,1H3;1H. The van der Waals surface area contributed by atoms with Gasteiger partial charge in [-0.1, -0.05) is 84.4 Å². The average molecular weight is 386 g/mol. The van der Waals surface area contributed by atoms with E-state index in [1.54, 1.807) is 0 Å². The molecule has 0 heterocycles. The zero-order valence-electron chi connectivity index (χ0n) is 14.9. The molecule has 136 valence electrons. The first-order valence-electron chi connectivity index (χ1n) is 8.83. The fraction of sp³-hybridized carbons (Fsp3) is 0.217. The number of nitrogens with one attached hydrogen (secondary N) is 1. The molecule has 1 atom stereocenters. The van der Waals surface area contributed by atoms with Gasteiger partial charge in [0.1, 0.15) is 0 Å². The van der Waals surface area contributed by atoms with Gasteiger partial charge in [0.05, 0.1) is 0 Å². The second-order valence-corrected chi connectivity index (χ2v) is 6.83. The Morgan fingerprint density at radius 3 is 1.73 bits per heavy atom. The summed E-state index contributed by atoms with van der Waals surface area (Å²) in [6.45, 7) is 3.15. The highest BCUT2D eigenvalue weighted by Gasteiger charge is 2.14. The molecule has 1 unspecified atom stereocenters. The van der Waals surface area contributed by atoms with Crippen LogP contribution in [0.3, 0.4) is 0 Å². The second-order valence-electron chi connectivity index (χ2n) is 6.39. The van der Waals surface area contributed by atoms with E-state index < -0.39 is 0 Å². The van der Waals surface area contributed by atoms with Gasteiger partial charge in [-0.3, -0.25) is 0 Å². The Bertz CT molecular complexity index is 718. The molecule has 3 aromatic rings. The molecule has 3 aromatic carbocycles. The van der Waals surface area contributed by atoms with Crippen LogP contribution in [-0.4, -0.2) is 6.54 Å². The molecule has 0 aromatic heterocycles. The molecule has 0 aliphatic heterocycles. The first-order chi connectivity index (χ1) is 12.2. The number of rotatable bonds is 7. The van der Waals surface area contributed by atoms with Crippen LogP contribution in [0.2, 0.25) is 5.02 Å². The van der Waals surface area contributed by atoms with Gasteiger partial charge in [0.2, 0.25) is 0 Å². The van der Waals surface area contributed by atoms with Gasteiger partial charge in [0.15, 0.2) is 0 Å². The van der Waals surface area contributed by atoms with Gasteiger partial charge in [0, 0.05) is 17.0 Å². The molecule has 0 saturated heterocycles. The van der Waals surface area contributed by atoms with Crippen molar-refractivity contribution in [1.29, 1.82) is 0 Å². The van der Waals surface area contributed by atoms with Crippen LogP contribution in [0.15, 0.2) is 84.9 Å². The number of hydrogen-bond donors (Lipinski definition) is 1. The van der Waals surface area contributed by atoms with Crippen molar-refractivity contribution in [3.05, 3.63) is 107 Å². The Kier molecular flexibility index (Phi) is 8.18. The third kappa shape index (κ3) is 5.60. The Labute approximate surface area is 167 Å². The van der Waals surface area contributed by atoms with E-state index in [9.17, 15) is 0 Å². The molecule has 0 bridgehead atoms. The maximum atomic E-state index is 5.98. The van der Waals surface area contributed by atoms with Crippen molar-refractivity contribution >= 4 is 24.0 Å². The minimum Gasteiger partial charge on any atom is -0.310 e. The van der Waals surface area contributed by atoms with Gasteiger partial charge in [-0.05, 0) is 48.7 Å². The first-order valence-corrected chi connectivity index (χ1v) is 9.20. The monoisotopic (exact) mass is 385 g/mol. The van der Waals surface area contributed by atoms with E-state index in [0.717, 1.165) is 18.0 Å². The van der Waals surface area contributed by atoms with E-state index in [4.69, 9.17) is 11.6 Å². The molecule has 0 spiro atoms. The molecule has 1 nitrogen and oxygen atoms in total. The summed E-state index contributed by atoms with van der Waals surface area (Å²) in [6, 6.07) is 29.9. The van der Waals surface area contributed by atoms with Crippen molar-refractivity contribution in [2.75, 3.05) is 6.54 Å². The van der Waals surface area contributed by atoms with Gasteiger partial charge in [0.25, 0.3) is 0 Å². The Morgan fingerprint density at radius 2 is 1.23 bits per heavy atom. The molecule has 3 rings (SSSR count). The van der Waals surface area contributed by atoms with Gasteiger partial charge < -0.3 is 5.32 Å². The number of halogens is 2. The van der Waals surface area contributed by atoms with Crippen LogP contribution in [0, 0.1) is 0 Å². The second kappa shape index (κ2) is 10.4. The quantitative estimate of drug-likeness (QED) is 0.480. The highest BCUT2D eigenvalue weighted by Crippen LogP contribution is 2.27. The molecule has 0 aliphatic carbocycles. The SMILES string of the molecule is CC(NCCC(c1ccccc1)c1ccccc1)c1ccc(Cl)cc1.Cl. The van der Waals surface area contributed by atoms with E-state index in [0.29, 0.717) is 12.0 Å². The van der Waals surface area contributed by atoms with E-state index >= 15 is 0 Å². The summed E-state index contributed by atoms with van der Waals surface area (Å²) in [5.74, 6) is 0.410. The lowest BCUT2D eigenvalue weighted by Crippen LogP contribution is -2.21. The van der Waals surface area contributed by atoms with Crippen molar-refractivity contribution in [2.24, 2.45) is 0 Å². The van der Waals surface area contributed by atoms with Gasteiger partial charge >= 0.3 is 0 Å². The van der Waals surface area contributed by atoms with Gasteiger partial charge in [-0.2, -0.15) is 0 Å². The van der Waals surface area contributed by atoms with Gasteiger partial charge in [-0.15, -0.1) is 12.4 Å². The van der Waals surface area contributed by atoms with Crippen LogP contribution in [0.4, 0.5) is 0 Å². The van der Waals surface area contributed by atoms with E-state index in [1.165, 1.54) is 16.7 Å². The van der Waals surface area contributed by atoms with Crippen LogP contribution in [0.25, 0.3) is 0 Å². The predicted octanol–water partition coefficient (Wildman–Crippen LogP) is 6.63. The van der Waals surface area contributed by atoms with E-state index in [-0.39, 0.29) is 12.4 Å². The molecule has 3 heteroatoms. The molecule has 0 aliphatic rings. The lowest BCUT2D eigenvalue weighted by atomic mass is 9.88. The topological polar surface area (TPSA) is 12.0 Å². The molecule has 0 amide bonds. The third-order valence-corrected chi connectivity index (χ3v) is 4.91. The van der Waals surface area contributed by atoms with E-state index in [2.05, 4.69) is 85.0 Å². The highest BCUT2D eigenvalue weighted by atomic mass is 35.5. The van der Waals surface area contributed by atoms with Crippen LogP contribution in [0.1, 0.15) is 42.0 Å². The van der Waals surface area contributed by atoms with Crippen LogP contribution >= 0.6 is 24.0 Å². The lowest BCUT2D eigenvalue weighted by Gasteiger charge is -2.20. The lowest BCUT2D eigenvalue weighted by molar-refractivity contribution is 0.540. The number of benzene rings is 3. The summed E-state index contributed by atoms with van der Waals surface area (Å²) in [7, 11) is 0. The van der Waals surface area contributed by atoms with Crippen molar-refractivity contribution in [2.45, 2.75) is 25.3 Å². The zero-order valence-corrected chi connectivity index (χ0v) is 16.5. The highest BCUT2D eigenvalue weighted by molar-refractivity contribution is 6.30. The molecule has 0 saturated carbocycles. The van der Waals surface area contributed by atoms with Crippen LogP contribution in [0.5, 0.6) is 0 Å². The Balaban J connectivity index is 0.00000243. The van der Waals surface area contributed by atoms with Crippen molar-refractivity contribution in [1.82, 2.24) is 5.32 Å². The molecule has 26 heavy (non-hydrogen) atoms. The Hall–Kier alpha value is -1.80. The Morgan fingerprint density at radius 1 is 0.731 bits per heavy atom. The third-order valence-electron chi connectivity index (χ3n) is 4.66. The normalized spacial score (nSPS) is 11.8. The zero-order chi connectivity index (χ0) is 17.5. The predicted molar refractivity (Wildman–Crippen MR) is 114 cm³/mol. The maximum absolute atomic E-state index is 5.98. The maximum Gasteiger partial charge on any atom is 0.0406 e. The molecular weight excluding hydrogens is 361 g/mol. The minimum atomic E-state index is 0. The smallest absolute Gasteiger partial charge is 0.0406 e. The number of hydrogen-bond acceptors (Lipinski definition) is 1. The van der Waals surface area contributed by atoms with Crippen molar-refractivity contribution in [3.8, 4) is 0 Å². The van der Waals surface area contributed by atoms with Crippen LogP contribution < -0.4 is 5.32 Å². The average Bonchev–Trinajstić information content (AvgIpc) is 2.67. The van der Waals surface area contributed by atoms with Gasteiger partial charge in [-0.25, -0.2) is 0 Å². The fourth-order valence-corrected chi connectivity index (χ4v) is 3.34. The summed E-state index contributed by atoms with van der Waals surface area (Å²) < 4.78 is 0. The minimum absolute atomic E-state index is 0. The molecule has 0 fully saturated rings. The van der Waals surface area contributed by atoms with Crippen molar-refractivity contribution < 1.29 is 0 Å². The van der Waals surface area contributed by atoms with Crippen molar-refractivity contribution in [3.63, 3.8) is 0 Å². The van der Waals surface area contributed by atoms with Crippen LogP contribution in [-0.2, 0) is 0 Å².